The highest BCUT2D eigenvalue weighted by molar-refractivity contribution is 14.0. The normalized spacial score (nSPS) is 10.9. The highest BCUT2D eigenvalue weighted by Crippen LogP contribution is 2.18. The Labute approximate surface area is 159 Å². The van der Waals surface area contributed by atoms with Gasteiger partial charge in [-0.25, -0.2) is 4.99 Å². The quantitative estimate of drug-likeness (QED) is 0.387. The molecule has 0 bridgehead atoms. The highest BCUT2D eigenvalue weighted by atomic mass is 127. The van der Waals surface area contributed by atoms with E-state index in [1.165, 1.54) is 0 Å². The molecule has 1 aromatic heterocycles. The Morgan fingerprint density at radius 1 is 1.25 bits per heavy atom. The molecule has 0 saturated heterocycles. The predicted octanol–water partition coefficient (Wildman–Crippen LogP) is 2.65. The van der Waals surface area contributed by atoms with E-state index in [1.54, 1.807) is 6.92 Å². The highest BCUT2D eigenvalue weighted by Gasteiger charge is 2.05. The number of aryl methyl sites for hydroxylation is 1. The Morgan fingerprint density at radius 3 is 2.71 bits per heavy atom. The first-order valence-electron chi connectivity index (χ1n) is 7.75. The molecule has 2 rings (SSSR count). The molecule has 0 aliphatic rings. The summed E-state index contributed by atoms with van der Waals surface area (Å²) in [6, 6.07) is 7.91. The van der Waals surface area contributed by atoms with E-state index in [1.807, 2.05) is 38.1 Å². The van der Waals surface area contributed by atoms with Gasteiger partial charge in [0.15, 0.2) is 11.8 Å². The van der Waals surface area contributed by atoms with Gasteiger partial charge in [-0.2, -0.15) is 4.98 Å². The molecular weight excluding hydrogens is 421 g/mol. The van der Waals surface area contributed by atoms with E-state index in [2.05, 4.69) is 25.8 Å². The SMILES string of the molecule is CCNC(=NCc1ccccc1OCC)NCc1nc(C)no1.I. The van der Waals surface area contributed by atoms with Crippen LogP contribution >= 0.6 is 24.0 Å². The topological polar surface area (TPSA) is 84.6 Å². The van der Waals surface area contributed by atoms with Crippen molar-refractivity contribution in [3.63, 3.8) is 0 Å². The van der Waals surface area contributed by atoms with Gasteiger partial charge >= 0.3 is 0 Å². The lowest BCUT2D eigenvalue weighted by Gasteiger charge is -2.11. The molecule has 1 aromatic carbocycles. The molecule has 0 saturated carbocycles. The Bertz CT molecular complexity index is 645. The summed E-state index contributed by atoms with van der Waals surface area (Å²) in [5.74, 6) is 2.70. The minimum Gasteiger partial charge on any atom is -0.494 e. The van der Waals surface area contributed by atoms with Crippen LogP contribution in [0.25, 0.3) is 0 Å². The van der Waals surface area contributed by atoms with Crippen molar-refractivity contribution in [1.29, 1.82) is 0 Å². The second-order valence-electron chi connectivity index (χ2n) is 4.82. The maximum Gasteiger partial charge on any atom is 0.246 e. The van der Waals surface area contributed by atoms with Gasteiger partial charge in [0.25, 0.3) is 0 Å². The number of nitrogens with zero attached hydrogens (tertiary/aromatic N) is 3. The molecular formula is C16H24IN5O2. The monoisotopic (exact) mass is 445 g/mol. The van der Waals surface area contributed by atoms with Crippen molar-refractivity contribution in [2.45, 2.75) is 33.9 Å². The first kappa shape index (κ1) is 20.2. The van der Waals surface area contributed by atoms with Crippen molar-refractivity contribution in [3.8, 4) is 5.75 Å². The number of nitrogens with one attached hydrogen (secondary N) is 2. The van der Waals surface area contributed by atoms with E-state index in [9.17, 15) is 0 Å². The van der Waals surface area contributed by atoms with Crippen molar-refractivity contribution < 1.29 is 9.26 Å². The average Bonchev–Trinajstić information content (AvgIpc) is 2.97. The molecule has 1 heterocycles. The largest absolute Gasteiger partial charge is 0.494 e. The zero-order chi connectivity index (χ0) is 16.5. The summed E-state index contributed by atoms with van der Waals surface area (Å²) in [5, 5.41) is 10.1. The van der Waals surface area contributed by atoms with Crippen molar-refractivity contribution in [2.75, 3.05) is 13.2 Å². The summed E-state index contributed by atoms with van der Waals surface area (Å²) in [6.45, 7) is 8.13. The fraction of sp³-hybridized carbons (Fsp3) is 0.438. The van der Waals surface area contributed by atoms with Crippen molar-refractivity contribution in [1.82, 2.24) is 20.8 Å². The number of hydrogen-bond donors (Lipinski definition) is 2. The lowest BCUT2D eigenvalue weighted by atomic mass is 10.2. The molecule has 0 fully saturated rings. The fourth-order valence-corrected chi connectivity index (χ4v) is 2.01. The van der Waals surface area contributed by atoms with Crippen LogP contribution in [-0.2, 0) is 13.1 Å². The van der Waals surface area contributed by atoms with Gasteiger partial charge in [-0.15, -0.1) is 24.0 Å². The second kappa shape index (κ2) is 10.8. The summed E-state index contributed by atoms with van der Waals surface area (Å²) >= 11 is 0. The summed E-state index contributed by atoms with van der Waals surface area (Å²) in [5.41, 5.74) is 1.04. The van der Waals surface area contributed by atoms with E-state index < -0.39 is 0 Å². The van der Waals surface area contributed by atoms with Crippen molar-refractivity contribution in [3.05, 3.63) is 41.5 Å². The standard InChI is InChI=1S/C16H23N5O2.HI/c1-4-17-16(19-11-15-20-12(3)21-23-15)18-10-13-8-6-7-9-14(13)22-5-2;/h6-9H,4-5,10-11H2,1-3H3,(H2,17,18,19);1H. The van der Waals surface area contributed by atoms with Crippen LogP contribution in [0.3, 0.4) is 0 Å². The molecule has 0 aliphatic carbocycles. The number of benzene rings is 1. The van der Waals surface area contributed by atoms with Crippen LogP contribution in [0.2, 0.25) is 0 Å². The molecule has 2 N–H and O–H groups in total. The Morgan fingerprint density at radius 2 is 2.04 bits per heavy atom. The van der Waals surface area contributed by atoms with Crippen LogP contribution < -0.4 is 15.4 Å². The molecule has 132 valence electrons. The number of ether oxygens (including phenoxy) is 1. The number of guanidine groups is 1. The predicted molar refractivity (Wildman–Crippen MR) is 104 cm³/mol. The number of para-hydroxylation sites is 1. The van der Waals surface area contributed by atoms with E-state index in [-0.39, 0.29) is 24.0 Å². The van der Waals surface area contributed by atoms with Gasteiger partial charge in [0.05, 0.1) is 19.7 Å². The first-order chi connectivity index (χ1) is 11.2. The van der Waals surface area contributed by atoms with E-state index >= 15 is 0 Å². The van der Waals surface area contributed by atoms with Crippen LogP contribution in [0, 0.1) is 6.92 Å². The number of hydrogen-bond acceptors (Lipinski definition) is 5. The number of aromatic nitrogens is 2. The number of aliphatic imine (C=N–C) groups is 1. The van der Waals surface area contributed by atoms with E-state index in [0.29, 0.717) is 37.4 Å². The summed E-state index contributed by atoms with van der Waals surface area (Å²) in [7, 11) is 0. The van der Waals surface area contributed by atoms with Gasteiger partial charge in [0, 0.05) is 12.1 Å². The zero-order valence-corrected chi connectivity index (χ0v) is 16.5. The van der Waals surface area contributed by atoms with Gasteiger partial charge < -0.3 is 19.9 Å². The van der Waals surface area contributed by atoms with Crippen molar-refractivity contribution in [2.24, 2.45) is 4.99 Å². The zero-order valence-electron chi connectivity index (χ0n) is 14.2. The van der Waals surface area contributed by atoms with Crippen molar-refractivity contribution >= 4 is 29.9 Å². The average molecular weight is 445 g/mol. The third-order valence-electron chi connectivity index (χ3n) is 3.00. The van der Waals surface area contributed by atoms with E-state index in [4.69, 9.17) is 9.26 Å². The summed E-state index contributed by atoms with van der Waals surface area (Å²) in [4.78, 5) is 8.73. The Kier molecular flexibility index (Phi) is 9.13. The van der Waals surface area contributed by atoms with Crippen LogP contribution in [0.1, 0.15) is 31.1 Å². The van der Waals surface area contributed by atoms with Gasteiger partial charge in [0.1, 0.15) is 5.75 Å². The Balaban J connectivity index is 0.00000288. The van der Waals surface area contributed by atoms with Gasteiger partial charge in [0.2, 0.25) is 5.89 Å². The minimum atomic E-state index is 0. The molecule has 2 aromatic rings. The van der Waals surface area contributed by atoms with Crippen LogP contribution in [0.4, 0.5) is 0 Å². The maximum absolute atomic E-state index is 5.62. The van der Waals surface area contributed by atoms with E-state index in [0.717, 1.165) is 17.9 Å². The van der Waals surface area contributed by atoms with Gasteiger partial charge in [-0.05, 0) is 26.8 Å². The maximum atomic E-state index is 5.62. The third kappa shape index (κ3) is 6.34. The fourth-order valence-electron chi connectivity index (χ4n) is 2.01. The summed E-state index contributed by atoms with van der Waals surface area (Å²) in [6.07, 6.45) is 0. The molecule has 0 amide bonds. The molecule has 8 heteroatoms. The number of rotatable bonds is 7. The molecule has 7 nitrogen and oxygen atoms in total. The molecule has 0 spiro atoms. The smallest absolute Gasteiger partial charge is 0.246 e. The second-order valence-corrected chi connectivity index (χ2v) is 4.82. The summed E-state index contributed by atoms with van der Waals surface area (Å²) < 4.78 is 10.7. The van der Waals surface area contributed by atoms with Crippen LogP contribution in [0.5, 0.6) is 5.75 Å². The van der Waals surface area contributed by atoms with Gasteiger partial charge in [-0.3, -0.25) is 0 Å². The lowest BCUT2D eigenvalue weighted by Crippen LogP contribution is -2.36. The van der Waals surface area contributed by atoms with Crippen LogP contribution in [0.15, 0.2) is 33.8 Å². The van der Waals surface area contributed by atoms with Gasteiger partial charge in [-0.1, -0.05) is 23.4 Å². The first-order valence-corrected chi connectivity index (χ1v) is 7.75. The molecule has 0 radical (unpaired) electrons. The molecule has 0 atom stereocenters. The Hall–Kier alpha value is -1.84. The third-order valence-corrected chi connectivity index (χ3v) is 3.00. The van der Waals surface area contributed by atoms with Crippen LogP contribution in [-0.4, -0.2) is 29.3 Å². The number of halogens is 1. The molecule has 0 aliphatic heterocycles. The minimum absolute atomic E-state index is 0. The lowest BCUT2D eigenvalue weighted by molar-refractivity contribution is 0.336. The molecule has 24 heavy (non-hydrogen) atoms. The molecule has 0 unspecified atom stereocenters.